The van der Waals surface area contributed by atoms with Crippen LogP contribution in [0, 0.1) is 6.92 Å². The SMILES string of the molecule is Cc1ccc2c(c1)C(C)(C)/C(=C\C=C1/CCCC(/C=C/C3=[N+](CCC[N+](C)(C)C)c4ccc(S(=O)(=O)O)cc4C3(C)C)=C1Oc1ccc(CCC(=O)O)cc1)N2. The zero-order valence-corrected chi connectivity index (χ0v) is 34.9. The summed E-state index contributed by atoms with van der Waals surface area (Å²) in [6, 6.07) is 19.1. The van der Waals surface area contributed by atoms with E-state index in [0.29, 0.717) is 12.2 Å². The van der Waals surface area contributed by atoms with Gasteiger partial charge in [-0.05, 0) is 111 Å². The summed E-state index contributed by atoms with van der Waals surface area (Å²) in [5, 5.41) is 12.8. The quantitative estimate of drug-likeness (QED) is 0.0901. The topological polar surface area (TPSA) is 116 Å². The number of aryl methyl sites for hydroxylation is 2. The molecule has 6 rings (SSSR count). The van der Waals surface area contributed by atoms with E-state index in [1.165, 1.54) is 17.2 Å². The van der Waals surface area contributed by atoms with Gasteiger partial charge in [-0.3, -0.25) is 9.35 Å². The van der Waals surface area contributed by atoms with Crippen LogP contribution in [0.3, 0.4) is 0 Å². The highest BCUT2D eigenvalue weighted by molar-refractivity contribution is 7.85. The molecule has 1 aliphatic carbocycles. The highest BCUT2D eigenvalue weighted by Crippen LogP contribution is 2.45. The first-order chi connectivity index (χ1) is 26.2. The number of hydrogen-bond acceptors (Lipinski definition) is 5. The molecule has 9 nitrogen and oxygen atoms in total. The fraction of sp³-hybridized carbons (Fsp3) is 0.391. The molecule has 0 saturated heterocycles. The summed E-state index contributed by atoms with van der Waals surface area (Å²) >= 11 is 0. The molecule has 296 valence electrons. The Bertz CT molecular complexity index is 2300. The molecule has 0 atom stereocenters. The molecular weight excluding hydrogens is 723 g/mol. The summed E-state index contributed by atoms with van der Waals surface area (Å²) in [7, 11) is 2.15. The van der Waals surface area contributed by atoms with Gasteiger partial charge in [-0.25, -0.2) is 0 Å². The van der Waals surface area contributed by atoms with E-state index in [9.17, 15) is 22.9 Å². The number of rotatable bonds is 13. The van der Waals surface area contributed by atoms with E-state index >= 15 is 0 Å². The van der Waals surface area contributed by atoms with Crippen molar-refractivity contribution >= 4 is 33.2 Å². The summed E-state index contributed by atoms with van der Waals surface area (Å²) in [5.74, 6) is 0.646. The third kappa shape index (κ3) is 8.93. The number of nitrogens with zero attached hydrogens (tertiary/aromatic N) is 2. The molecule has 2 aliphatic heterocycles. The molecule has 0 aromatic heterocycles. The lowest BCUT2D eigenvalue weighted by Gasteiger charge is -2.23. The van der Waals surface area contributed by atoms with E-state index in [1.54, 1.807) is 6.07 Å². The smallest absolute Gasteiger partial charge is 0.303 e. The maximum atomic E-state index is 12.2. The number of carbonyl (C=O) groups is 1. The highest BCUT2D eigenvalue weighted by atomic mass is 32.2. The summed E-state index contributed by atoms with van der Waals surface area (Å²) in [6.45, 7) is 12.5. The van der Waals surface area contributed by atoms with Crippen LogP contribution in [0.1, 0.15) is 82.1 Å². The van der Waals surface area contributed by atoms with Crippen LogP contribution >= 0.6 is 0 Å². The van der Waals surface area contributed by atoms with Crippen LogP contribution in [0.5, 0.6) is 5.75 Å². The van der Waals surface area contributed by atoms with Gasteiger partial charge in [0.15, 0.2) is 12.3 Å². The highest BCUT2D eigenvalue weighted by Gasteiger charge is 2.45. The second kappa shape index (κ2) is 15.6. The lowest BCUT2D eigenvalue weighted by molar-refractivity contribution is -0.871. The van der Waals surface area contributed by atoms with Crippen molar-refractivity contribution in [2.75, 3.05) is 39.5 Å². The maximum absolute atomic E-state index is 12.2. The van der Waals surface area contributed by atoms with E-state index in [1.807, 2.05) is 30.3 Å². The molecule has 0 amide bonds. The second-order valence-corrected chi connectivity index (χ2v) is 18.9. The predicted molar refractivity (Wildman–Crippen MR) is 224 cm³/mol. The number of carboxylic acids is 1. The first kappa shape index (κ1) is 40.9. The van der Waals surface area contributed by atoms with E-state index in [0.717, 1.165) is 94.1 Å². The minimum absolute atomic E-state index is 0.0677. The number of hydrogen-bond donors (Lipinski definition) is 3. The monoisotopic (exact) mass is 779 g/mol. The molecule has 3 aromatic carbocycles. The van der Waals surface area contributed by atoms with Crippen molar-refractivity contribution in [3.63, 3.8) is 0 Å². The Morgan fingerprint density at radius 3 is 2.34 bits per heavy atom. The molecule has 0 fully saturated rings. The van der Waals surface area contributed by atoms with Crippen molar-refractivity contribution in [1.29, 1.82) is 0 Å². The largest absolute Gasteiger partial charge is 0.481 e. The van der Waals surface area contributed by atoms with E-state index in [4.69, 9.17) is 4.74 Å². The fourth-order valence-corrected chi connectivity index (χ4v) is 8.55. The van der Waals surface area contributed by atoms with E-state index in [2.05, 4.69) is 108 Å². The van der Waals surface area contributed by atoms with Crippen molar-refractivity contribution in [2.24, 2.45) is 0 Å². The van der Waals surface area contributed by atoms with Crippen LogP contribution in [0.2, 0.25) is 0 Å². The molecule has 0 saturated carbocycles. The van der Waals surface area contributed by atoms with Gasteiger partial charge in [0.25, 0.3) is 10.1 Å². The summed E-state index contributed by atoms with van der Waals surface area (Å²) < 4.78 is 44.3. The third-order valence-electron chi connectivity index (χ3n) is 11.3. The van der Waals surface area contributed by atoms with Gasteiger partial charge in [0.05, 0.1) is 44.4 Å². The number of fused-ring (bicyclic) bond motifs is 2. The Balaban J connectivity index is 1.42. The van der Waals surface area contributed by atoms with Gasteiger partial charge in [-0.15, -0.1) is 0 Å². The van der Waals surface area contributed by atoms with Crippen LogP contribution in [0.25, 0.3) is 0 Å². The number of benzene rings is 3. The van der Waals surface area contributed by atoms with Crippen molar-refractivity contribution in [3.05, 3.63) is 130 Å². The normalized spacial score (nSPS) is 19.2. The number of anilines is 1. The first-order valence-corrected chi connectivity index (χ1v) is 21.0. The maximum Gasteiger partial charge on any atom is 0.303 e. The van der Waals surface area contributed by atoms with Gasteiger partial charge < -0.3 is 19.6 Å². The average Bonchev–Trinajstić information content (AvgIpc) is 3.49. The molecular formula is C46H57N3O6S+2. The number of aliphatic carboxylic acids is 1. The molecule has 56 heavy (non-hydrogen) atoms. The van der Waals surface area contributed by atoms with Gasteiger partial charge in [-0.2, -0.15) is 13.0 Å². The zero-order valence-electron chi connectivity index (χ0n) is 34.1. The molecule has 3 N–H and O–H groups in total. The van der Waals surface area contributed by atoms with Gasteiger partial charge in [-0.1, -0.05) is 49.8 Å². The van der Waals surface area contributed by atoms with Crippen molar-refractivity contribution in [1.82, 2.24) is 0 Å². The predicted octanol–water partition coefficient (Wildman–Crippen LogP) is 9.02. The third-order valence-corrected chi connectivity index (χ3v) is 12.2. The van der Waals surface area contributed by atoms with Gasteiger partial charge >= 0.3 is 5.97 Å². The summed E-state index contributed by atoms with van der Waals surface area (Å²) in [4.78, 5) is 11.1. The zero-order chi connectivity index (χ0) is 40.6. The minimum Gasteiger partial charge on any atom is -0.481 e. The van der Waals surface area contributed by atoms with Crippen molar-refractivity contribution < 1.29 is 36.7 Å². The standard InChI is InChI=1S/C46H55N3O6S/c1-31-13-22-39-37(29-31)45(2,3)41(47-39)24-17-33-11-9-12-34(44(33)55-35-19-14-32(15-20-35)16-26-43(50)51)18-25-42-46(4,5)38-30-36(56(52,53)54)21-23-40(38)48(42)27-10-28-49(6,7)8/h13-15,17-25,29-30H,9-12,16,26-28H2,1-8H3,(H-,50,51,52,53,54)/p+2. The number of allylic oxidation sites excluding steroid dienone is 7. The Labute approximate surface area is 332 Å². The van der Waals surface area contributed by atoms with E-state index < -0.39 is 21.5 Å². The summed E-state index contributed by atoms with van der Waals surface area (Å²) in [5.41, 5.74) is 9.89. The Hall–Kier alpha value is -4.77. The van der Waals surface area contributed by atoms with Crippen molar-refractivity contribution in [2.45, 2.75) is 88.9 Å². The van der Waals surface area contributed by atoms with Crippen LogP contribution in [-0.2, 0) is 32.2 Å². The molecule has 0 bridgehead atoms. The molecule has 10 heteroatoms. The van der Waals surface area contributed by atoms with Crippen LogP contribution in [-0.4, -0.2) is 73.0 Å². The molecule has 0 radical (unpaired) electrons. The number of ether oxygens (including phenoxy) is 1. The Kier molecular flexibility index (Phi) is 11.4. The number of quaternary nitrogens is 1. The minimum atomic E-state index is -4.38. The van der Waals surface area contributed by atoms with Crippen LogP contribution in [0.15, 0.2) is 112 Å². The molecule has 3 aromatic rings. The van der Waals surface area contributed by atoms with Crippen LogP contribution < -0.4 is 10.1 Å². The average molecular weight is 780 g/mol. The van der Waals surface area contributed by atoms with E-state index in [-0.39, 0.29) is 16.7 Å². The van der Waals surface area contributed by atoms with Crippen molar-refractivity contribution in [3.8, 4) is 5.75 Å². The lowest BCUT2D eigenvalue weighted by Crippen LogP contribution is -2.36. The fourth-order valence-electron chi connectivity index (χ4n) is 8.05. The first-order valence-electron chi connectivity index (χ1n) is 19.5. The molecule has 0 unspecified atom stereocenters. The van der Waals surface area contributed by atoms with Gasteiger partial charge in [0.2, 0.25) is 5.69 Å². The Morgan fingerprint density at radius 1 is 0.929 bits per heavy atom. The molecule has 3 aliphatic rings. The van der Waals surface area contributed by atoms with Gasteiger partial charge in [0.1, 0.15) is 11.5 Å². The lowest BCUT2D eigenvalue weighted by atomic mass is 9.81. The molecule has 2 heterocycles. The molecule has 0 spiro atoms. The number of nitrogens with one attached hydrogen (secondary N) is 1. The second-order valence-electron chi connectivity index (χ2n) is 17.4. The summed E-state index contributed by atoms with van der Waals surface area (Å²) in [6.07, 6.45) is 12.7. The Morgan fingerprint density at radius 2 is 1.66 bits per heavy atom. The van der Waals surface area contributed by atoms with Crippen LogP contribution in [0.4, 0.5) is 11.4 Å². The number of carboxylic acid groups (broad SMARTS) is 1. The van der Waals surface area contributed by atoms with Gasteiger partial charge in [0, 0.05) is 40.9 Å².